The van der Waals surface area contributed by atoms with Crippen molar-refractivity contribution in [1.82, 2.24) is 19.9 Å². The molecule has 1 aliphatic heterocycles. The Morgan fingerprint density at radius 2 is 1.80 bits per heavy atom. The van der Waals surface area contributed by atoms with Crippen LogP contribution >= 0.6 is 0 Å². The molecule has 0 amide bonds. The van der Waals surface area contributed by atoms with E-state index in [-0.39, 0.29) is 23.1 Å². The Morgan fingerprint density at radius 1 is 1.00 bits per heavy atom. The SMILES string of the molecule is Cc1ccccc1-n1c(CNC2N=CN=C(N)C2C(=N)c2ccc3nc(N)ncc3c2)cc2cccc(C)c2c1=O. The molecule has 204 valence electrons. The van der Waals surface area contributed by atoms with Crippen molar-refractivity contribution in [2.24, 2.45) is 21.6 Å². The number of hydrogen-bond donors (Lipinski definition) is 4. The number of nitrogens with zero attached hydrogens (tertiary/aromatic N) is 5. The van der Waals surface area contributed by atoms with E-state index in [2.05, 4.69) is 25.3 Å². The van der Waals surface area contributed by atoms with Crippen LogP contribution in [0, 0.1) is 25.2 Å². The molecule has 0 spiro atoms. The summed E-state index contributed by atoms with van der Waals surface area (Å²) in [7, 11) is 0. The van der Waals surface area contributed by atoms with E-state index in [0.29, 0.717) is 23.0 Å². The van der Waals surface area contributed by atoms with Crippen LogP contribution in [0.25, 0.3) is 27.4 Å². The third kappa shape index (κ3) is 4.74. The number of rotatable bonds is 6. The third-order valence-electron chi connectivity index (χ3n) is 7.47. The number of anilines is 1. The number of para-hydroxylation sites is 1. The number of pyridine rings is 1. The van der Waals surface area contributed by atoms with Gasteiger partial charge in [0.05, 0.1) is 28.2 Å². The molecule has 2 aromatic heterocycles. The normalized spacial score (nSPS) is 16.7. The topological polar surface area (TPSA) is 160 Å². The van der Waals surface area contributed by atoms with Crippen molar-refractivity contribution < 1.29 is 0 Å². The lowest BCUT2D eigenvalue weighted by Gasteiger charge is -2.28. The average molecular weight is 544 g/mol. The van der Waals surface area contributed by atoms with Gasteiger partial charge in [-0.25, -0.2) is 15.0 Å². The molecule has 2 atom stereocenters. The molecule has 6 N–H and O–H groups in total. The van der Waals surface area contributed by atoms with Crippen LogP contribution < -0.4 is 22.3 Å². The average Bonchev–Trinajstić information content (AvgIpc) is 2.96. The summed E-state index contributed by atoms with van der Waals surface area (Å²) in [4.78, 5) is 31.0. The number of nitrogens with one attached hydrogen (secondary N) is 2. The predicted molar refractivity (Wildman–Crippen MR) is 164 cm³/mol. The fourth-order valence-corrected chi connectivity index (χ4v) is 5.38. The maximum atomic E-state index is 13.9. The van der Waals surface area contributed by atoms with Gasteiger partial charge in [0.1, 0.15) is 18.3 Å². The van der Waals surface area contributed by atoms with Crippen LogP contribution in [0.4, 0.5) is 5.95 Å². The molecule has 6 rings (SSSR count). The first kappa shape index (κ1) is 26.0. The van der Waals surface area contributed by atoms with Gasteiger partial charge in [-0.05, 0) is 60.2 Å². The summed E-state index contributed by atoms with van der Waals surface area (Å²) in [6.45, 7) is 4.24. The van der Waals surface area contributed by atoms with Gasteiger partial charge in [0.25, 0.3) is 5.56 Å². The molecule has 0 saturated carbocycles. The molecule has 0 aliphatic carbocycles. The number of nitrogens with two attached hydrogens (primary N) is 2. The fraction of sp³-hybridized carbons (Fsp3) is 0.161. The molecule has 10 heteroatoms. The molecule has 5 aromatic rings. The number of aryl methyl sites for hydroxylation is 2. The minimum absolute atomic E-state index is 0.0803. The first-order valence-electron chi connectivity index (χ1n) is 13.2. The number of fused-ring (bicyclic) bond motifs is 2. The molecule has 41 heavy (non-hydrogen) atoms. The standard InChI is InChI=1S/C31H29N9O/c1-17-6-3-4-9-24(17)40-22(13-19-8-5-7-18(2)25(19)30(40)41)15-35-29-26(28(33)37-16-38-29)27(32)20-10-11-23-21(12-20)14-36-31(34)39-23/h3-14,16,26,29,32,35H,15H2,1-2H3,(H2,33,37,38)(H2,34,36,39). The summed E-state index contributed by atoms with van der Waals surface area (Å²) >= 11 is 0. The van der Waals surface area contributed by atoms with Crippen LogP contribution in [0.3, 0.4) is 0 Å². The van der Waals surface area contributed by atoms with E-state index >= 15 is 0 Å². The van der Waals surface area contributed by atoms with Crippen molar-refractivity contribution in [3.8, 4) is 5.69 Å². The number of amidine groups is 1. The van der Waals surface area contributed by atoms with E-state index in [4.69, 9.17) is 16.9 Å². The van der Waals surface area contributed by atoms with Crippen molar-refractivity contribution >= 4 is 45.5 Å². The van der Waals surface area contributed by atoms with Gasteiger partial charge < -0.3 is 16.9 Å². The van der Waals surface area contributed by atoms with E-state index in [0.717, 1.165) is 33.3 Å². The van der Waals surface area contributed by atoms with Gasteiger partial charge in [-0.2, -0.15) is 0 Å². The van der Waals surface area contributed by atoms with Crippen LogP contribution in [0.15, 0.2) is 87.7 Å². The molecule has 3 heterocycles. The zero-order chi connectivity index (χ0) is 28.7. The Hall–Kier alpha value is -5.22. The highest BCUT2D eigenvalue weighted by atomic mass is 16.1. The molecular formula is C31H29N9O. The van der Waals surface area contributed by atoms with Crippen LogP contribution in [0.5, 0.6) is 0 Å². The van der Waals surface area contributed by atoms with E-state index in [9.17, 15) is 4.79 Å². The highest BCUT2D eigenvalue weighted by Crippen LogP contribution is 2.23. The summed E-state index contributed by atoms with van der Waals surface area (Å²) in [5.74, 6) is -0.161. The lowest BCUT2D eigenvalue weighted by atomic mass is 9.91. The van der Waals surface area contributed by atoms with Crippen LogP contribution in [-0.4, -0.2) is 38.6 Å². The minimum atomic E-state index is -0.631. The second-order valence-electron chi connectivity index (χ2n) is 10.1. The lowest BCUT2D eigenvalue weighted by Crippen LogP contribution is -2.48. The minimum Gasteiger partial charge on any atom is -0.386 e. The van der Waals surface area contributed by atoms with Crippen LogP contribution in [0.2, 0.25) is 0 Å². The summed E-state index contributed by atoms with van der Waals surface area (Å²) in [5.41, 5.74) is 17.1. The highest BCUT2D eigenvalue weighted by Gasteiger charge is 2.31. The molecule has 0 fully saturated rings. The highest BCUT2D eigenvalue weighted by molar-refractivity contribution is 6.15. The summed E-state index contributed by atoms with van der Waals surface area (Å²) in [6, 6.07) is 21.2. The molecule has 10 nitrogen and oxygen atoms in total. The Labute approximate surface area is 236 Å². The number of aliphatic imine (C=N–C) groups is 2. The smallest absolute Gasteiger partial charge is 0.263 e. The second kappa shape index (κ2) is 10.4. The number of nitrogen functional groups attached to an aromatic ring is 1. The van der Waals surface area contributed by atoms with Gasteiger partial charge in [0, 0.05) is 23.8 Å². The molecule has 1 aliphatic rings. The summed E-state index contributed by atoms with van der Waals surface area (Å²) in [6.07, 6.45) is 2.46. The number of hydrogen-bond acceptors (Lipinski definition) is 9. The van der Waals surface area contributed by atoms with Gasteiger partial charge in [0.2, 0.25) is 5.95 Å². The predicted octanol–water partition coefficient (Wildman–Crippen LogP) is 3.63. The first-order chi connectivity index (χ1) is 19.8. The van der Waals surface area contributed by atoms with E-state index in [1.807, 2.05) is 68.4 Å². The Morgan fingerprint density at radius 3 is 2.63 bits per heavy atom. The van der Waals surface area contributed by atoms with Gasteiger partial charge in [0.15, 0.2) is 0 Å². The zero-order valence-electron chi connectivity index (χ0n) is 22.7. The molecule has 0 bridgehead atoms. The lowest BCUT2D eigenvalue weighted by molar-refractivity contribution is 0.488. The van der Waals surface area contributed by atoms with Gasteiger partial charge in [-0.15, -0.1) is 0 Å². The van der Waals surface area contributed by atoms with Crippen LogP contribution in [-0.2, 0) is 6.54 Å². The van der Waals surface area contributed by atoms with Gasteiger partial charge >= 0.3 is 0 Å². The molecule has 0 saturated heterocycles. The second-order valence-corrected chi connectivity index (χ2v) is 10.1. The Bertz CT molecular complexity index is 1960. The fourth-order valence-electron chi connectivity index (χ4n) is 5.38. The largest absolute Gasteiger partial charge is 0.386 e. The summed E-state index contributed by atoms with van der Waals surface area (Å²) in [5, 5.41) is 14.8. The number of benzene rings is 3. The molecular weight excluding hydrogens is 514 g/mol. The van der Waals surface area contributed by atoms with E-state index in [1.165, 1.54) is 6.34 Å². The Kier molecular flexibility index (Phi) is 6.60. The quantitative estimate of drug-likeness (QED) is 0.239. The maximum absolute atomic E-state index is 13.9. The maximum Gasteiger partial charge on any atom is 0.263 e. The monoisotopic (exact) mass is 543 g/mol. The third-order valence-corrected chi connectivity index (χ3v) is 7.47. The molecule has 2 unspecified atom stereocenters. The van der Waals surface area contributed by atoms with E-state index in [1.54, 1.807) is 22.9 Å². The summed E-state index contributed by atoms with van der Waals surface area (Å²) < 4.78 is 1.76. The van der Waals surface area contributed by atoms with Crippen molar-refractivity contribution in [2.45, 2.75) is 26.6 Å². The Balaban J connectivity index is 1.37. The molecule has 3 aromatic carbocycles. The van der Waals surface area contributed by atoms with Crippen LogP contribution in [0.1, 0.15) is 22.4 Å². The van der Waals surface area contributed by atoms with Gasteiger partial charge in [-0.3, -0.25) is 19.7 Å². The number of aromatic nitrogens is 3. The van der Waals surface area contributed by atoms with Gasteiger partial charge in [-0.1, -0.05) is 42.5 Å². The van der Waals surface area contributed by atoms with E-state index < -0.39 is 12.1 Å². The van der Waals surface area contributed by atoms with Crippen molar-refractivity contribution in [1.29, 1.82) is 5.41 Å². The zero-order valence-corrected chi connectivity index (χ0v) is 22.7. The first-order valence-corrected chi connectivity index (χ1v) is 13.2. The molecule has 0 radical (unpaired) electrons. The van der Waals surface area contributed by atoms with Crippen molar-refractivity contribution in [3.05, 3.63) is 106 Å². The van der Waals surface area contributed by atoms with Crippen molar-refractivity contribution in [3.63, 3.8) is 0 Å². The van der Waals surface area contributed by atoms with Crippen molar-refractivity contribution in [2.75, 3.05) is 5.73 Å².